The van der Waals surface area contributed by atoms with Gasteiger partial charge in [-0.15, -0.1) is 0 Å². The van der Waals surface area contributed by atoms with Crippen molar-refractivity contribution in [3.63, 3.8) is 0 Å². The molecule has 1 aromatic rings. The average Bonchev–Trinajstić information content (AvgIpc) is 2.87. The predicted molar refractivity (Wildman–Crippen MR) is 77.0 cm³/mol. The Morgan fingerprint density at radius 1 is 1.37 bits per heavy atom. The largest absolute Gasteiger partial charge is 0.379 e. The summed E-state index contributed by atoms with van der Waals surface area (Å²) in [5, 5.41) is 3.52. The average molecular weight is 263 g/mol. The molecule has 2 unspecified atom stereocenters. The Kier molecular flexibility index (Phi) is 5.76. The molecule has 1 fully saturated rings. The van der Waals surface area contributed by atoms with Crippen LogP contribution in [0.5, 0.6) is 0 Å². The summed E-state index contributed by atoms with van der Waals surface area (Å²) in [6, 6.07) is 6.61. The van der Waals surface area contributed by atoms with Gasteiger partial charge in [0.25, 0.3) is 0 Å². The minimum atomic E-state index is 0.503. The van der Waals surface area contributed by atoms with Crippen LogP contribution in [0.2, 0.25) is 0 Å². The van der Waals surface area contributed by atoms with Crippen molar-refractivity contribution in [3.05, 3.63) is 30.1 Å². The minimum Gasteiger partial charge on any atom is -0.379 e. The smallest absolute Gasteiger partial charge is 0.0623 e. The Hall–Kier alpha value is -0.970. The molecule has 0 saturated carbocycles. The zero-order chi connectivity index (χ0) is 13.5. The molecule has 0 bridgehead atoms. The van der Waals surface area contributed by atoms with Gasteiger partial charge in [-0.3, -0.25) is 9.88 Å². The quantitative estimate of drug-likeness (QED) is 0.809. The SMILES string of the molecule is CCNC1COCC1CN(CC)Cc1ccccn1. The first kappa shape index (κ1) is 14.4. The van der Waals surface area contributed by atoms with Crippen LogP contribution in [0, 0.1) is 5.92 Å². The van der Waals surface area contributed by atoms with Crippen LogP contribution in [0.1, 0.15) is 19.5 Å². The summed E-state index contributed by atoms with van der Waals surface area (Å²) >= 11 is 0. The molecule has 0 aliphatic carbocycles. The molecule has 0 aromatic carbocycles. The summed E-state index contributed by atoms with van der Waals surface area (Å²) in [7, 11) is 0. The van der Waals surface area contributed by atoms with Crippen LogP contribution in [0.25, 0.3) is 0 Å². The van der Waals surface area contributed by atoms with E-state index in [0.717, 1.165) is 45.1 Å². The molecule has 1 N–H and O–H groups in total. The summed E-state index contributed by atoms with van der Waals surface area (Å²) in [5.41, 5.74) is 1.14. The molecular weight excluding hydrogens is 238 g/mol. The maximum absolute atomic E-state index is 5.61. The van der Waals surface area contributed by atoms with E-state index < -0.39 is 0 Å². The van der Waals surface area contributed by atoms with Gasteiger partial charge < -0.3 is 10.1 Å². The number of hydrogen-bond acceptors (Lipinski definition) is 4. The zero-order valence-corrected chi connectivity index (χ0v) is 12.0. The van der Waals surface area contributed by atoms with Crippen molar-refractivity contribution in [2.75, 3.05) is 32.8 Å². The zero-order valence-electron chi connectivity index (χ0n) is 12.0. The van der Waals surface area contributed by atoms with E-state index >= 15 is 0 Å². The molecule has 106 valence electrons. The number of aromatic nitrogens is 1. The van der Waals surface area contributed by atoms with Crippen molar-refractivity contribution in [1.29, 1.82) is 0 Å². The normalized spacial score (nSPS) is 23.1. The van der Waals surface area contributed by atoms with Crippen LogP contribution >= 0.6 is 0 Å². The molecule has 4 heteroatoms. The maximum Gasteiger partial charge on any atom is 0.0623 e. The summed E-state index contributed by atoms with van der Waals surface area (Å²) < 4.78 is 5.61. The lowest BCUT2D eigenvalue weighted by atomic mass is 10.0. The second kappa shape index (κ2) is 7.58. The van der Waals surface area contributed by atoms with Crippen LogP contribution in [0.3, 0.4) is 0 Å². The summed E-state index contributed by atoms with van der Waals surface area (Å²) in [4.78, 5) is 6.86. The van der Waals surface area contributed by atoms with Crippen LogP contribution in [0.15, 0.2) is 24.4 Å². The van der Waals surface area contributed by atoms with Crippen LogP contribution in [0.4, 0.5) is 0 Å². The number of likely N-dealkylation sites (N-methyl/N-ethyl adjacent to an activating group) is 1. The lowest BCUT2D eigenvalue weighted by Gasteiger charge is -2.26. The van der Waals surface area contributed by atoms with E-state index in [1.165, 1.54) is 0 Å². The number of hydrogen-bond donors (Lipinski definition) is 1. The number of rotatable bonds is 7. The van der Waals surface area contributed by atoms with Crippen molar-refractivity contribution in [2.24, 2.45) is 5.92 Å². The Balaban J connectivity index is 1.88. The van der Waals surface area contributed by atoms with Crippen LogP contribution in [-0.2, 0) is 11.3 Å². The maximum atomic E-state index is 5.61. The fourth-order valence-electron chi connectivity index (χ4n) is 2.62. The second-order valence-electron chi connectivity index (χ2n) is 5.11. The van der Waals surface area contributed by atoms with E-state index in [2.05, 4.69) is 41.2 Å². The standard InChI is InChI=1S/C15H25N3O/c1-3-16-15-12-19-11-13(15)9-18(4-2)10-14-7-5-6-8-17-14/h5-8,13,15-16H,3-4,9-12H2,1-2H3. The second-order valence-corrected chi connectivity index (χ2v) is 5.11. The van der Waals surface area contributed by atoms with Crippen molar-refractivity contribution in [3.8, 4) is 0 Å². The van der Waals surface area contributed by atoms with Gasteiger partial charge in [0, 0.05) is 31.2 Å². The lowest BCUT2D eigenvalue weighted by molar-refractivity contribution is 0.166. The van der Waals surface area contributed by atoms with E-state index in [1.54, 1.807) is 0 Å². The van der Waals surface area contributed by atoms with E-state index in [9.17, 15) is 0 Å². The highest BCUT2D eigenvalue weighted by molar-refractivity contribution is 5.03. The van der Waals surface area contributed by atoms with E-state index in [0.29, 0.717) is 12.0 Å². The first-order valence-corrected chi connectivity index (χ1v) is 7.26. The summed E-state index contributed by atoms with van der Waals surface area (Å²) in [5.74, 6) is 0.587. The van der Waals surface area contributed by atoms with E-state index in [1.807, 2.05) is 12.3 Å². The minimum absolute atomic E-state index is 0.503. The molecule has 0 spiro atoms. The van der Waals surface area contributed by atoms with Gasteiger partial charge in [0.1, 0.15) is 0 Å². The van der Waals surface area contributed by atoms with Gasteiger partial charge in [-0.1, -0.05) is 19.9 Å². The third kappa shape index (κ3) is 4.27. The number of pyridine rings is 1. The Bertz CT molecular complexity index is 358. The van der Waals surface area contributed by atoms with Crippen molar-refractivity contribution in [1.82, 2.24) is 15.2 Å². The molecule has 0 radical (unpaired) electrons. The highest BCUT2D eigenvalue weighted by atomic mass is 16.5. The number of nitrogens with one attached hydrogen (secondary N) is 1. The Morgan fingerprint density at radius 2 is 2.26 bits per heavy atom. The number of ether oxygens (including phenoxy) is 1. The van der Waals surface area contributed by atoms with Crippen molar-refractivity contribution >= 4 is 0 Å². The van der Waals surface area contributed by atoms with E-state index in [4.69, 9.17) is 4.74 Å². The van der Waals surface area contributed by atoms with Crippen molar-refractivity contribution < 1.29 is 4.74 Å². The van der Waals surface area contributed by atoms with Gasteiger partial charge in [-0.25, -0.2) is 0 Å². The monoisotopic (exact) mass is 263 g/mol. The van der Waals surface area contributed by atoms with Gasteiger partial charge in [0.2, 0.25) is 0 Å². The fraction of sp³-hybridized carbons (Fsp3) is 0.667. The summed E-state index contributed by atoms with van der Waals surface area (Å²) in [6.07, 6.45) is 1.86. The van der Waals surface area contributed by atoms with Gasteiger partial charge in [0.05, 0.1) is 18.9 Å². The molecule has 2 rings (SSSR count). The fourth-order valence-corrected chi connectivity index (χ4v) is 2.62. The molecule has 0 amide bonds. The van der Waals surface area contributed by atoms with Gasteiger partial charge >= 0.3 is 0 Å². The molecule has 4 nitrogen and oxygen atoms in total. The van der Waals surface area contributed by atoms with Gasteiger partial charge in [-0.05, 0) is 25.2 Å². The molecule has 1 aromatic heterocycles. The highest BCUT2D eigenvalue weighted by Crippen LogP contribution is 2.16. The highest BCUT2D eigenvalue weighted by Gasteiger charge is 2.28. The third-order valence-corrected chi connectivity index (χ3v) is 3.72. The molecule has 1 aliphatic heterocycles. The first-order chi connectivity index (χ1) is 9.33. The first-order valence-electron chi connectivity index (χ1n) is 7.26. The lowest BCUT2D eigenvalue weighted by Crippen LogP contribution is -2.41. The molecule has 2 heterocycles. The molecule has 1 aliphatic rings. The van der Waals surface area contributed by atoms with Gasteiger partial charge in [0.15, 0.2) is 0 Å². The predicted octanol–water partition coefficient (Wildman–Crippen LogP) is 1.53. The Morgan fingerprint density at radius 3 is 2.95 bits per heavy atom. The molecule has 2 atom stereocenters. The topological polar surface area (TPSA) is 37.4 Å². The van der Waals surface area contributed by atoms with Crippen LogP contribution < -0.4 is 5.32 Å². The van der Waals surface area contributed by atoms with Crippen LogP contribution in [-0.4, -0.2) is 48.8 Å². The summed E-state index contributed by atoms with van der Waals surface area (Å²) in [6.45, 7) is 10.1. The van der Waals surface area contributed by atoms with Crippen molar-refractivity contribution in [2.45, 2.75) is 26.4 Å². The molecule has 19 heavy (non-hydrogen) atoms. The third-order valence-electron chi connectivity index (χ3n) is 3.72. The van der Waals surface area contributed by atoms with Gasteiger partial charge in [-0.2, -0.15) is 0 Å². The number of nitrogens with zero attached hydrogens (tertiary/aromatic N) is 2. The Labute approximate surface area is 116 Å². The van der Waals surface area contributed by atoms with E-state index in [-0.39, 0.29) is 0 Å². The molecule has 1 saturated heterocycles. The molecular formula is C15H25N3O.